The largest absolute Gasteiger partial charge is 0.399 e. The number of aryl methyl sites for hydroxylation is 1. The van der Waals surface area contributed by atoms with Gasteiger partial charge in [-0.25, -0.2) is 0 Å². The van der Waals surface area contributed by atoms with Crippen LogP contribution in [0.1, 0.15) is 12.5 Å². The van der Waals surface area contributed by atoms with E-state index in [1.807, 2.05) is 0 Å². The van der Waals surface area contributed by atoms with Gasteiger partial charge in [-0.05, 0) is 67.2 Å². The molecule has 0 unspecified atom stereocenters. The number of fused-ring (bicyclic) bond motifs is 2. The Morgan fingerprint density at radius 1 is 0.696 bits per heavy atom. The summed E-state index contributed by atoms with van der Waals surface area (Å²) in [7, 11) is 0. The fourth-order valence-corrected chi connectivity index (χ4v) is 4.11. The molecule has 5 rings (SSSR count). The summed E-state index contributed by atoms with van der Waals surface area (Å²) >= 11 is 0. The lowest BCUT2D eigenvalue weighted by atomic mass is 9.88. The Bertz CT molecular complexity index is 1200. The van der Waals surface area contributed by atoms with Gasteiger partial charge < -0.3 is 5.73 Å². The summed E-state index contributed by atoms with van der Waals surface area (Å²) in [6.45, 7) is 2.22. The van der Waals surface area contributed by atoms with Crippen LogP contribution in [0.25, 0.3) is 43.1 Å². The third-order valence-corrected chi connectivity index (χ3v) is 5.09. The molecule has 5 aromatic rings. The van der Waals surface area contributed by atoms with E-state index < -0.39 is 0 Å². The van der Waals surface area contributed by atoms with Crippen molar-refractivity contribution in [2.24, 2.45) is 0 Å². The molecule has 1 heteroatoms. The highest BCUT2D eigenvalue weighted by atomic mass is 14.5. The van der Waals surface area contributed by atoms with Gasteiger partial charge in [0.2, 0.25) is 0 Å². The van der Waals surface area contributed by atoms with Crippen LogP contribution in [-0.4, -0.2) is 0 Å². The maximum atomic E-state index is 6.18. The van der Waals surface area contributed by atoms with Gasteiger partial charge in [0.15, 0.2) is 0 Å². The number of rotatable bonds is 1. The zero-order valence-corrected chi connectivity index (χ0v) is 13.1. The minimum absolute atomic E-state index is 0.830. The van der Waals surface area contributed by atoms with Crippen LogP contribution >= 0.6 is 0 Å². The van der Waals surface area contributed by atoms with Crippen molar-refractivity contribution in [1.82, 2.24) is 0 Å². The molecule has 0 aromatic heterocycles. The zero-order valence-electron chi connectivity index (χ0n) is 13.1. The van der Waals surface area contributed by atoms with Crippen LogP contribution in [0.3, 0.4) is 0 Å². The van der Waals surface area contributed by atoms with Crippen molar-refractivity contribution in [3.8, 4) is 0 Å². The third-order valence-electron chi connectivity index (χ3n) is 5.09. The molecule has 0 bridgehead atoms. The van der Waals surface area contributed by atoms with Crippen molar-refractivity contribution in [2.75, 3.05) is 5.73 Å². The Morgan fingerprint density at radius 3 is 2.22 bits per heavy atom. The van der Waals surface area contributed by atoms with E-state index in [1.54, 1.807) is 0 Å². The predicted molar refractivity (Wildman–Crippen MR) is 101 cm³/mol. The molecule has 0 aliphatic rings. The molecule has 23 heavy (non-hydrogen) atoms. The summed E-state index contributed by atoms with van der Waals surface area (Å²) < 4.78 is 0. The lowest BCUT2D eigenvalue weighted by molar-refractivity contribution is 1.16. The molecule has 0 aliphatic carbocycles. The maximum Gasteiger partial charge on any atom is 0.0326 e. The van der Waals surface area contributed by atoms with Gasteiger partial charge in [-0.3, -0.25) is 0 Å². The summed E-state index contributed by atoms with van der Waals surface area (Å²) in [6.07, 6.45) is 1.05. The number of hydrogen-bond acceptors (Lipinski definition) is 1. The Labute approximate surface area is 134 Å². The Balaban J connectivity index is 2.22. The number of nitrogen functional groups attached to an aromatic ring is 1. The maximum absolute atomic E-state index is 6.18. The normalized spacial score (nSPS) is 12.0. The Hall–Kier alpha value is -2.80. The number of hydrogen-bond donors (Lipinski definition) is 1. The van der Waals surface area contributed by atoms with Crippen LogP contribution < -0.4 is 5.73 Å². The van der Waals surface area contributed by atoms with Gasteiger partial charge in [-0.2, -0.15) is 0 Å². The second-order valence-corrected chi connectivity index (χ2v) is 6.33. The SMILES string of the molecule is CCc1ccc2c3cc(N)cc4cccc(c5cccc1c52)c43. The van der Waals surface area contributed by atoms with Crippen LogP contribution in [0, 0.1) is 0 Å². The number of benzene rings is 5. The van der Waals surface area contributed by atoms with Crippen molar-refractivity contribution in [3.63, 3.8) is 0 Å². The smallest absolute Gasteiger partial charge is 0.0326 e. The summed E-state index contributed by atoms with van der Waals surface area (Å²) in [5.74, 6) is 0. The van der Waals surface area contributed by atoms with Crippen molar-refractivity contribution < 1.29 is 0 Å². The van der Waals surface area contributed by atoms with E-state index in [4.69, 9.17) is 5.73 Å². The number of nitrogens with two attached hydrogens (primary N) is 1. The molecular weight excluding hydrogens is 278 g/mol. The monoisotopic (exact) mass is 295 g/mol. The first-order chi connectivity index (χ1) is 11.3. The highest BCUT2D eigenvalue weighted by molar-refractivity contribution is 6.33. The molecule has 2 N–H and O–H groups in total. The molecule has 1 nitrogen and oxygen atoms in total. The van der Waals surface area contributed by atoms with Crippen LogP contribution in [0.2, 0.25) is 0 Å². The minimum Gasteiger partial charge on any atom is -0.399 e. The van der Waals surface area contributed by atoms with Crippen molar-refractivity contribution in [3.05, 3.63) is 66.2 Å². The van der Waals surface area contributed by atoms with E-state index in [-0.39, 0.29) is 0 Å². The van der Waals surface area contributed by atoms with E-state index in [0.29, 0.717) is 0 Å². The first kappa shape index (κ1) is 12.7. The van der Waals surface area contributed by atoms with Gasteiger partial charge in [0, 0.05) is 5.69 Å². The first-order valence-electron chi connectivity index (χ1n) is 8.15. The van der Waals surface area contributed by atoms with Crippen LogP contribution in [0.5, 0.6) is 0 Å². The molecule has 110 valence electrons. The first-order valence-corrected chi connectivity index (χ1v) is 8.15. The zero-order chi connectivity index (χ0) is 15.6. The number of anilines is 1. The van der Waals surface area contributed by atoms with Crippen molar-refractivity contribution in [1.29, 1.82) is 0 Å². The minimum atomic E-state index is 0.830. The summed E-state index contributed by atoms with van der Waals surface area (Å²) in [6, 6.07) is 22.0. The van der Waals surface area contributed by atoms with Gasteiger partial charge in [-0.1, -0.05) is 55.5 Å². The molecule has 0 heterocycles. The summed E-state index contributed by atoms with van der Waals surface area (Å²) in [5, 5.41) is 10.5. The standard InChI is InChI=1S/C22H17N/c1-2-13-9-10-19-20-12-15(23)11-14-5-3-7-17(21(14)20)18-8-4-6-16(13)22(18)19/h3-12H,2,23H2,1H3. The van der Waals surface area contributed by atoms with Gasteiger partial charge >= 0.3 is 0 Å². The highest BCUT2D eigenvalue weighted by Gasteiger charge is 2.14. The predicted octanol–water partition coefficient (Wildman–Crippen LogP) is 5.88. The summed E-state index contributed by atoms with van der Waals surface area (Å²) in [4.78, 5) is 0. The Morgan fingerprint density at radius 2 is 1.39 bits per heavy atom. The van der Waals surface area contributed by atoms with Gasteiger partial charge in [-0.15, -0.1) is 0 Å². The topological polar surface area (TPSA) is 26.0 Å². The molecule has 0 saturated heterocycles. The summed E-state index contributed by atoms with van der Waals surface area (Å²) in [5.41, 5.74) is 8.42. The van der Waals surface area contributed by atoms with Gasteiger partial charge in [0.05, 0.1) is 0 Å². The lowest BCUT2D eigenvalue weighted by Gasteiger charge is -2.16. The molecular formula is C22H17N. The van der Waals surface area contributed by atoms with Crippen LogP contribution in [0.4, 0.5) is 5.69 Å². The fourth-order valence-electron chi connectivity index (χ4n) is 4.11. The van der Waals surface area contributed by atoms with E-state index in [1.165, 1.54) is 48.7 Å². The molecule has 0 radical (unpaired) electrons. The second kappa shape index (κ2) is 4.36. The van der Waals surface area contributed by atoms with Gasteiger partial charge in [0.1, 0.15) is 0 Å². The molecule has 5 aromatic carbocycles. The highest BCUT2D eigenvalue weighted by Crippen LogP contribution is 2.41. The van der Waals surface area contributed by atoms with E-state index in [2.05, 4.69) is 67.6 Å². The average molecular weight is 295 g/mol. The molecule has 0 aliphatic heterocycles. The van der Waals surface area contributed by atoms with Crippen LogP contribution in [-0.2, 0) is 6.42 Å². The van der Waals surface area contributed by atoms with Crippen molar-refractivity contribution in [2.45, 2.75) is 13.3 Å². The van der Waals surface area contributed by atoms with E-state index in [9.17, 15) is 0 Å². The molecule has 0 fully saturated rings. The molecule has 0 spiro atoms. The quantitative estimate of drug-likeness (QED) is 0.233. The lowest BCUT2D eigenvalue weighted by Crippen LogP contribution is -1.92. The second-order valence-electron chi connectivity index (χ2n) is 6.33. The fraction of sp³-hybridized carbons (Fsp3) is 0.0909. The molecule has 0 saturated carbocycles. The van der Waals surface area contributed by atoms with Gasteiger partial charge in [0.25, 0.3) is 0 Å². The van der Waals surface area contributed by atoms with E-state index >= 15 is 0 Å². The Kier molecular flexibility index (Phi) is 2.41. The third kappa shape index (κ3) is 1.57. The van der Waals surface area contributed by atoms with Crippen molar-refractivity contribution >= 4 is 48.8 Å². The average Bonchev–Trinajstić information content (AvgIpc) is 2.58. The molecule has 0 amide bonds. The van der Waals surface area contributed by atoms with Crippen LogP contribution in [0.15, 0.2) is 60.7 Å². The molecule has 0 atom stereocenters. The van der Waals surface area contributed by atoms with E-state index in [0.717, 1.165) is 12.1 Å².